The van der Waals surface area contributed by atoms with Crippen molar-refractivity contribution in [2.24, 2.45) is 5.92 Å². The Balaban J connectivity index is 1.70. The number of aliphatic hydroxyl groups is 1. The maximum absolute atomic E-state index is 12.9. The van der Waals surface area contributed by atoms with Crippen molar-refractivity contribution >= 4 is 17.7 Å². The molecule has 1 atom stereocenters. The highest BCUT2D eigenvalue weighted by Crippen LogP contribution is 2.27. The zero-order chi connectivity index (χ0) is 18.0. The molecule has 1 fully saturated rings. The third-order valence-corrected chi connectivity index (χ3v) is 6.19. The van der Waals surface area contributed by atoms with Gasteiger partial charge in [-0.2, -0.15) is 0 Å². The number of fused-ring (bicyclic) bond motifs is 1. The number of hydrogen-bond donors (Lipinski definition) is 1. The molecular weight excluding hydrogens is 340 g/mol. The molecule has 1 unspecified atom stereocenters. The average Bonchev–Trinajstić information content (AvgIpc) is 2.62. The van der Waals surface area contributed by atoms with Gasteiger partial charge in [0.2, 0.25) is 5.91 Å². The van der Waals surface area contributed by atoms with E-state index in [1.54, 1.807) is 4.57 Å². The van der Waals surface area contributed by atoms with Crippen LogP contribution in [-0.2, 0) is 17.8 Å². The molecule has 1 aromatic heterocycles. The smallest absolute Gasteiger partial charge is 0.257 e. The Morgan fingerprint density at radius 3 is 2.68 bits per heavy atom. The predicted molar refractivity (Wildman–Crippen MR) is 96.9 cm³/mol. The van der Waals surface area contributed by atoms with Crippen LogP contribution >= 0.6 is 11.8 Å². The van der Waals surface area contributed by atoms with Gasteiger partial charge in [-0.15, -0.1) is 0 Å². The summed E-state index contributed by atoms with van der Waals surface area (Å²) in [5.41, 5.74) is 1.55. The molecule has 0 bridgehead atoms. The summed E-state index contributed by atoms with van der Waals surface area (Å²) in [6, 6.07) is 0. The standard InChI is InChI=1S/C17H26N4O3S/c1-3-14-12(2)18-17-21(16(14)24)10-13(11-25-17)15(23)20-6-4-19(5-7-20)8-9-22/h13,22H,3-11H2,1-2H3. The van der Waals surface area contributed by atoms with Crippen molar-refractivity contribution in [2.45, 2.75) is 32.0 Å². The summed E-state index contributed by atoms with van der Waals surface area (Å²) in [6.07, 6.45) is 0.661. The van der Waals surface area contributed by atoms with Crippen LogP contribution in [0.25, 0.3) is 0 Å². The molecule has 3 heterocycles. The van der Waals surface area contributed by atoms with Crippen LogP contribution in [0, 0.1) is 12.8 Å². The van der Waals surface area contributed by atoms with E-state index in [0.29, 0.717) is 38.4 Å². The van der Waals surface area contributed by atoms with Crippen LogP contribution in [-0.4, -0.2) is 75.4 Å². The first kappa shape index (κ1) is 18.4. The lowest BCUT2D eigenvalue weighted by atomic mass is 10.1. The molecule has 0 saturated carbocycles. The number of β-amino-alcohol motifs (C(OH)–C–C–N with tert-alkyl or cyclic N) is 1. The van der Waals surface area contributed by atoms with Crippen molar-refractivity contribution in [3.63, 3.8) is 0 Å². The molecule has 25 heavy (non-hydrogen) atoms. The van der Waals surface area contributed by atoms with Gasteiger partial charge < -0.3 is 10.0 Å². The Bertz CT molecular complexity index is 698. The van der Waals surface area contributed by atoms with Gasteiger partial charge >= 0.3 is 0 Å². The van der Waals surface area contributed by atoms with Gasteiger partial charge in [0.1, 0.15) is 0 Å². The van der Waals surface area contributed by atoms with Crippen LogP contribution < -0.4 is 5.56 Å². The van der Waals surface area contributed by atoms with Gasteiger partial charge in [0.25, 0.3) is 5.56 Å². The van der Waals surface area contributed by atoms with Gasteiger partial charge in [-0.25, -0.2) is 4.98 Å². The molecule has 0 spiro atoms. The summed E-state index contributed by atoms with van der Waals surface area (Å²) >= 11 is 1.51. The van der Waals surface area contributed by atoms with Crippen LogP contribution in [0.3, 0.4) is 0 Å². The average molecular weight is 366 g/mol. The zero-order valence-corrected chi connectivity index (χ0v) is 15.7. The number of rotatable bonds is 4. The Labute approximate surface area is 152 Å². The highest BCUT2D eigenvalue weighted by Gasteiger charge is 2.32. The Morgan fingerprint density at radius 2 is 2.04 bits per heavy atom. The number of hydrogen-bond acceptors (Lipinski definition) is 6. The lowest BCUT2D eigenvalue weighted by molar-refractivity contribution is -0.137. The number of carbonyl (C=O) groups excluding carboxylic acids is 1. The summed E-state index contributed by atoms with van der Waals surface area (Å²) in [4.78, 5) is 34.2. The number of amides is 1. The molecular formula is C17H26N4O3S. The number of thioether (sulfide) groups is 1. The monoisotopic (exact) mass is 366 g/mol. The van der Waals surface area contributed by atoms with E-state index in [0.717, 1.165) is 29.5 Å². The number of aryl methyl sites for hydroxylation is 1. The first-order chi connectivity index (χ1) is 12.0. The van der Waals surface area contributed by atoms with Gasteiger partial charge in [-0.05, 0) is 13.3 Å². The first-order valence-electron chi connectivity index (χ1n) is 8.90. The second kappa shape index (κ2) is 7.88. The summed E-state index contributed by atoms with van der Waals surface area (Å²) in [6.45, 7) is 8.05. The van der Waals surface area contributed by atoms with Crippen LogP contribution in [0.2, 0.25) is 0 Å². The lowest BCUT2D eigenvalue weighted by Crippen LogP contribution is -2.52. The van der Waals surface area contributed by atoms with Crippen LogP contribution in [0.4, 0.5) is 0 Å². The Hall–Kier alpha value is -1.38. The van der Waals surface area contributed by atoms with Crippen LogP contribution in [0.1, 0.15) is 18.2 Å². The van der Waals surface area contributed by atoms with Crippen molar-refractivity contribution in [1.29, 1.82) is 0 Å². The third-order valence-electron chi connectivity index (χ3n) is 5.05. The fourth-order valence-electron chi connectivity index (χ4n) is 3.54. The van der Waals surface area contributed by atoms with E-state index >= 15 is 0 Å². The van der Waals surface area contributed by atoms with Crippen LogP contribution in [0.5, 0.6) is 0 Å². The highest BCUT2D eigenvalue weighted by atomic mass is 32.2. The molecule has 3 rings (SSSR count). The normalized spacial score (nSPS) is 21.2. The van der Waals surface area contributed by atoms with E-state index in [2.05, 4.69) is 9.88 Å². The van der Waals surface area contributed by atoms with Crippen molar-refractivity contribution in [2.75, 3.05) is 45.1 Å². The van der Waals surface area contributed by atoms with Crippen molar-refractivity contribution in [3.8, 4) is 0 Å². The molecule has 0 radical (unpaired) electrons. The number of nitrogens with zero attached hydrogens (tertiary/aromatic N) is 4. The number of aromatic nitrogens is 2. The number of aliphatic hydroxyl groups excluding tert-OH is 1. The zero-order valence-electron chi connectivity index (χ0n) is 14.9. The summed E-state index contributed by atoms with van der Waals surface area (Å²) in [5, 5.41) is 9.75. The molecule has 1 saturated heterocycles. The van der Waals surface area contributed by atoms with Gasteiger partial charge in [0.15, 0.2) is 5.16 Å². The Morgan fingerprint density at radius 1 is 1.32 bits per heavy atom. The molecule has 138 valence electrons. The fourth-order valence-corrected chi connectivity index (χ4v) is 4.66. The maximum Gasteiger partial charge on any atom is 0.257 e. The van der Waals surface area contributed by atoms with E-state index in [4.69, 9.17) is 5.11 Å². The topological polar surface area (TPSA) is 78.7 Å². The minimum absolute atomic E-state index is 0.00256. The number of piperazine rings is 1. The molecule has 1 N–H and O–H groups in total. The minimum atomic E-state index is -0.172. The van der Waals surface area contributed by atoms with Gasteiger partial charge in [-0.3, -0.25) is 19.1 Å². The van der Waals surface area contributed by atoms with E-state index in [1.807, 2.05) is 18.7 Å². The SMILES string of the molecule is CCc1c(C)nc2n(c1=O)CC(C(=O)N1CCN(CCO)CC1)CS2. The van der Waals surface area contributed by atoms with E-state index in [9.17, 15) is 9.59 Å². The summed E-state index contributed by atoms with van der Waals surface area (Å²) in [5.74, 6) is 0.633. The number of carbonyl (C=O) groups is 1. The van der Waals surface area contributed by atoms with Gasteiger partial charge in [0, 0.05) is 56.3 Å². The quantitative estimate of drug-likeness (QED) is 0.754. The first-order valence-corrected chi connectivity index (χ1v) is 9.88. The van der Waals surface area contributed by atoms with Gasteiger partial charge in [0.05, 0.1) is 12.5 Å². The second-order valence-electron chi connectivity index (χ2n) is 6.63. The summed E-state index contributed by atoms with van der Waals surface area (Å²) < 4.78 is 1.69. The fraction of sp³-hybridized carbons (Fsp3) is 0.706. The van der Waals surface area contributed by atoms with Crippen molar-refractivity contribution < 1.29 is 9.90 Å². The van der Waals surface area contributed by atoms with E-state index in [-0.39, 0.29) is 24.0 Å². The van der Waals surface area contributed by atoms with Crippen molar-refractivity contribution in [3.05, 3.63) is 21.6 Å². The Kier molecular flexibility index (Phi) is 5.81. The molecule has 2 aliphatic heterocycles. The predicted octanol–water partition coefficient (Wildman–Crippen LogP) is -0.0275. The minimum Gasteiger partial charge on any atom is -0.395 e. The van der Waals surface area contributed by atoms with Crippen LogP contribution in [0.15, 0.2) is 9.95 Å². The highest BCUT2D eigenvalue weighted by molar-refractivity contribution is 7.99. The summed E-state index contributed by atoms with van der Waals surface area (Å²) in [7, 11) is 0. The van der Waals surface area contributed by atoms with E-state index in [1.165, 1.54) is 11.8 Å². The molecule has 0 aliphatic carbocycles. The van der Waals surface area contributed by atoms with Gasteiger partial charge in [-0.1, -0.05) is 18.7 Å². The largest absolute Gasteiger partial charge is 0.395 e. The second-order valence-corrected chi connectivity index (χ2v) is 7.61. The van der Waals surface area contributed by atoms with Crippen molar-refractivity contribution in [1.82, 2.24) is 19.4 Å². The molecule has 8 heteroatoms. The molecule has 7 nitrogen and oxygen atoms in total. The maximum atomic E-state index is 12.9. The lowest BCUT2D eigenvalue weighted by Gasteiger charge is -2.37. The van der Waals surface area contributed by atoms with E-state index < -0.39 is 0 Å². The molecule has 1 amide bonds. The molecule has 1 aromatic rings. The molecule has 2 aliphatic rings. The third kappa shape index (κ3) is 3.75. The molecule has 0 aromatic carbocycles.